The van der Waals surface area contributed by atoms with E-state index in [0.29, 0.717) is 5.02 Å². The first-order valence-corrected chi connectivity index (χ1v) is 5.95. The van der Waals surface area contributed by atoms with E-state index in [2.05, 4.69) is 31.2 Å². The molecule has 1 nitrogen and oxygen atoms in total. The van der Waals surface area contributed by atoms with Crippen molar-refractivity contribution in [2.45, 2.75) is 13.3 Å². The zero-order valence-corrected chi connectivity index (χ0v) is 10.8. The lowest BCUT2D eigenvalue weighted by atomic mass is 10.0. The number of methoxy groups -OCH3 is 1. The van der Waals surface area contributed by atoms with Crippen LogP contribution < -0.4 is 4.74 Å². The minimum absolute atomic E-state index is 0.716. The number of ether oxygens (including phenoxy) is 1. The molecule has 0 heterocycles. The van der Waals surface area contributed by atoms with Crippen molar-refractivity contribution < 1.29 is 4.74 Å². The van der Waals surface area contributed by atoms with Gasteiger partial charge in [-0.25, -0.2) is 0 Å². The van der Waals surface area contributed by atoms with Crippen LogP contribution in [0, 0.1) is 6.92 Å². The Morgan fingerprint density at radius 2 is 1.88 bits per heavy atom. The van der Waals surface area contributed by atoms with E-state index in [1.54, 1.807) is 7.11 Å². The van der Waals surface area contributed by atoms with Crippen LogP contribution in [0.4, 0.5) is 0 Å². The molecule has 2 aromatic carbocycles. The molecule has 0 aromatic heterocycles. The number of hydrogen-bond acceptors (Lipinski definition) is 1. The summed E-state index contributed by atoms with van der Waals surface area (Å²) in [7, 11) is 1.66. The molecule has 17 heavy (non-hydrogen) atoms. The second-order valence-electron chi connectivity index (χ2n) is 4.10. The Kier molecular flexibility index (Phi) is 3.70. The Balaban J connectivity index is 2.30. The molecule has 0 aliphatic carbocycles. The Morgan fingerprint density at radius 1 is 1.12 bits per heavy atom. The monoisotopic (exact) mass is 246 g/mol. The predicted molar refractivity (Wildman–Crippen MR) is 72.0 cm³/mol. The topological polar surface area (TPSA) is 9.23 Å². The number of rotatable bonds is 3. The van der Waals surface area contributed by atoms with Gasteiger partial charge in [0.1, 0.15) is 5.75 Å². The average molecular weight is 247 g/mol. The van der Waals surface area contributed by atoms with Crippen molar-refractivity contribution in [2.24, 2.45) is 0 Å². The zero-order valence-electron chi connectivity index (χ0n) is 10.0. The molecule has 2 aromatic rings. The Bertz CT molecular complexity index is 520. The van der Waals surface area contributed by atoms with Gasteiger partial charge in [0, 0.05) is 5.02 Å². The van der Waals surface area contributed by atoms with E-state index >= 15 is 0 Å². The molecular formula is C15H15ClO. The van der Waals surface area contributed by atoms with Crippen LogP contribution in [0.3, 0.4) is 0 Å². The van der Waals surface area contributed by atoms with E-state index in [1.807, 2.05) is 18.2 Å². The van der Waals surface area contributed by atoms with Gasteiger partial charge < -0.3 is 4.74 Å². The molecule has 0 amide bonds. The van der Waals surface area contributed by atoms with Gasteiger partial charge in [0.2, 0.25) is 0 Å². The van der Waals surface area contributed by atoms with E-state index in [9.17, 15) is 0 Å². The number of halogens is 1. The molecule has 0 spiro atoms. The van der Waals surface area contributed by atoms with Crippen LogP contribution >= 0.6 is 11.6 Å². The van der Waals surface area contributed by atoms with E-state index in [0.717, 1.165) is 12.2 Å². The van der Waals surface area contributed by atoms with Crippen molar-refractivity contribution in [3.05, 3.63) is 64.2 Å². The summed E-state index contributed by atoms with van der Waals surface area (Å²) in [6, 6.07) is 14.2. The highest BCUT2D eigenvalue weighted by molar-refractivity contribution is 6.30. The SMILES string of the molecule is COc1cc(Cl)cc(Cc2ccccc2C)c1. The van der Waals surface area contributed by atoms with Crippen LogP contribution in [0.5, 0.6) is 5.75 Å². The fourth-order valence-corrected chi connectivity index (χ4v) is 2.12. The third-order valence-corrected chi connectivity index (χ3v) is 3.04. The highest BCUT2D eigenvalue weighted by Crippen LogP contribution is 2.23. The molecule has 0 radical (unpaired) electrons. The maximum Gasteiger partial charge on any atom is 0.120 e. The largest absolute Gasteiger partial charge is 0.497 e. The molecule has 88 valence electrons. The quantitative estimate of drug-likeness (QED) is 0.787. The molecule has 0 fully saturated rings. The Morgan fingerprint density at radius 3 is 2.59 bits per heavy atom. The summed E-state index contributed by atoms with van der Waals surface area (Å²) < 4.78 is 5.22. The van der Waals surface area contributed by atoms with Gasteiger partial charge in [0.15, 0.2) is 0 Å². The second-order valence-corrected chi connectivity index (χ2v) is 4.54. The first-order chi connectivity index (χ1) is 8.19. The molecule has 0 unspecified atom stereocenters. The van der Waals surface area contributed by atoms with Crippen molar-refractivity contribution in [3.63, 3.8) is 0 Å². The lowest BCUT2D eigenvalue weighted by Gasteiger charge is -2.08. The summed E-state index contributed by atoms with van der Waals surface area (Å²) in [5.74, 6) is 0.807. The Labute approximate surface area is 107 Å². The zero-order chi connectivity index (χ0) is 12.3. The predicted octanol–water partition coefficient (Wildman–Crippen LogP) is 4.25. The van der Waals surface area contributed by atoms with Crippen LogP contribution in [0.15, 0.2) is 42.5 Å². The average Bonchev–Trinajstić information content (AvgIpc) is 2.31. The molecule has 0 bridgehead atoms. The molecular weight excluding hydrogens is 232 g/mol. The summed E-state index contributed by atoms with van der Waals surface area (Å²) in [6.45, 7) is 2.12. The van der Waals surface area contributed by atoms with E-state index < -0.39 is 0 Å². The van der Waals surface area contributed by atoms with E-state index in [4.69, 9.17) is 16.3 Å². The number of benzene rings is 2. The molecule has 0 atom stereocenters. The summed E-state index contributed by atoms with van der Waals surface area (Å²) in [5, 5.41) is 0.716. The normalized spacial score (nSPS) is 10.3. The minimum atomic E-state index is 0.716. The molecule has 0 saturated carbocycles. The Hall–Kier alpha value is -1.47. The van der Waals surface area contributed by atoms with Crippen molar-refractivity contribution in [3.8, 4) is 5.75 Å². The van der Waals surface area contributed by atoms with Crippen LogP contribution in [0.2, 0.25) is 5.02 Å². The number of aryl methyl sites for hydroxylation is 1. The summed E-state index contributed by atoms with van der Waals surface area (Å²) >= 11 is 6.05. The van der Waals surface area contributed by atoms with Gasteiger partial charge in [-0.05, 0) is 48.2 Å². The van der Waals surface area contributed by atoms with Gasteiger partial charge in [-0.1, -0.05) is 35.9 Å². The van der Waals surface area contributed by atoms with Crippen LogP contribution in [0.1, 0.15) is 16.7 Å². The van der Waals surface area contributed by atoms with Gasteiger partial charge in [0.05, 0.1) is 7.11 Å². The van der Waals surface area contributed by atoms with Gasteiger partial charge >= 0.3 is 0 Å². The van der Waals surface area contributed by atoms with Crippen molar-refractivity contribution >= 4 is 11.6 Å². The molecule has 0 aliphatic heterocycles. The van der Waals surface area contributed by atoms with E-state index in [1.165, 1.54) is 16.7 Å². The van der Waals surface area contributed by atoms with E-state index in [-0.39, 0.29) is 0 Å². The third kappa shape index (κ3) is 3.01. The molecule has 0 N–H and O–H groups in total. The number of hydrogen-bond donors (Lipinski definition) is 0. The van der Waals surface area contributed by atoms with Gasteiger partial charge in [-0.2, -0.15) is 0 Å². The highest BCUT2D eigenvalue weighted by atomic mass is 35.5. The smallest absolute Gasteiger partial charge is 0.120 e. The van der Waals surface area contributed by atoms with Crippen molar-refractivity contribution in [2.75, 3.05) is 7.11 Å². The summed E-state index contributed by atoms with van der Waals surface area (Å²) in [5.41, 5.74) is 3.78. The first kappa shape index (κ1) is 12.0. The fraction of sp³-hybridized carbons (Fsp3) is 0.200. The highest BCUT2D eigenvalue weighted by Gasteiger charge is 2.03. The van der Waals surface area contributed by atoms with Crippen molar-refractivity contribution in [1.82, 2.24) is 0 Å². The van der Waals surface area contributed by atoms with Gasteiger partial charge in [0.25, 0.3) is 0 Å². The molecule has 2 heteroatoms. The lowest BCUT2D eigenvalue weighted by Crippen LogP contribution is -1.93. The third-order valence-electron chi connectivity index (χ3n) is 2.82. The summed E-state index contributed by atoms with van der Waals surface area (Å²) in [4.78, 5) is 0. The van der Waals surface area contributed by atoms with Crippen molar-refractivity contribution in [1.29, 1.82) is 0 Å². The maximum absolute atomic E-state index is 6.05. The minimum Gasteiger partial charge on any atom is -0.497 e. The molecule has 0 saturated heterocycles. The lowest BCUT2D eigenvalue weighted by molar-refractivity contribution is 0.414. The van der Waals surface area contributed by atoms with Crippen LogP contribution in [0.25, 0.3) is 0 Å². The first-order valence-electron chi connectivity index (χ1n) is 5.57. The molecule has 2 rings (SSSR count). The van der Waals surface area contributed by atoms with Gasteiger partial charge in [-0.15, -0.1) is 0 Å². The maximum atomic E-state index is 6.05. The van der Waals surface area contributed by atoms with Crippen LogP contribution in [-0.4, -0.2) is 7.11 Å². The second kappa shape index (κ2) is 5.24. The van der Waals surface area contributed by atoms with Crippen LogP contribution in [-0.2, 0) is 6.42 Å². The molecule has 0 aliphatic rings. The van der Waals surface area contributed by atoms with Gasteiger partial charge in [-0.3, -0.25) is 0 Å². The standard InChI is InChI=1S/C15H15ClO/c1-11-5-3-4-6-13(11)7-12-8-14(16)10-15(9-12)17-2/h3-6,8-10H,7H2,1-2H3. The summed E-state index contributed by atoms with van der Waals surface area (Å²) in [6.07, 6.45) is 0.879. The fourth-order valence-electron chi connectivity index (χ4n) is 1.87.